The molecule has 1 aliphatic rings. The average molecular weight is 274 g/mol. The van der Waals surface area contributed by atoms with Crippen LogP contribution in [-0.4, -0.2) is 5.11 Å². The van der Waals surface area contributed by atoms with E-state index in [0.29, 0.717) is 5.75 Å². The van der Waals surface area contributed by atoms with E-state index in [4.69, 9.17) is 11.6 Å². The van der Waals surface area contributed by atoms with Gasteiger partial charge in [-0.25, -0.2) is 0 Å². The second kappa shape index (κ2) is 4.78. The van der Waals surface area contributed by atoms with Gasteiger partial charge in [-0.2, -0.15) is 0 Å². The molecule has 0 bridgehead atoms. The molecule has 3 rings (SSSR count). The lowest BCUT2D eigenvalue weighted by atomic mass is 10.1. The van der Waals surface area contributed by atoms with Gasteiger partial charge in [0, 0.05) is 0 Å². The summed E-state index contributed by atoms with van der Waals surface area (Å²) in [6.07, 6.45) is 2.02. The zero-order chi connectivity index (χ0) is 13.4. The summed E-state index contributed by atoms with van der Waals surface area (Å²) in [6, 6.07) is 11.9. The molecule has 98 valence electrons. The van der Waals surface area contributed by atoms with Crippen molar-refractivity contribution in [3.05, 3.63) is 58.1 Å². The fraction of sp³-hybridized carbons (Fsp3) is 0.250. The first-order chi connectivity index (χ1) is 9.13. The van der Waals surface area contributed by atoms with E-state index in [2.05, 4.69) is 18.3 Å². The van der Waals surface area contributed by atoms with E-state index in [1.165, 1.54) is 16.7 Å². The van der Waals surface area contributed by atoms with Crippen LogP contribution in [0.25, 0.3) is 0 Å². The Balaban J connectivity index is 1.88. The largest absolute Gasteiger partial charge is 0.508 e. The number of hydrogen-bond acceptors (Lipinski definition) is 2. The van der Waals surface area contributed by atoms with Crippen molar-refractivity contribution in [3.8, 4) is 5.75 Å². The van der Waals surface area contributed by atoms with E-state index in [1.54, 1.807) is 6.07 Å². The SMILES string of the molecule is Cc1ccc(Cl)c(NC2CCc3cc(O)ccc32)c1. The monoisotopic (exact) mass is 273 g/mol. The minimum atomic E-state index is 0.273. The van der Waals surface area contributed by atoms with Crippen molar-refractivity contribution in [1.29, 1.82) is 0 Å². The second-order valence-corrected chi connectivity index (χ2v) is 5.51. The highest BCUT2D eigenvalue weighted by molar-refractivity contribution is 6.33. The number of phenols is 1. The Morgan fingerprint density at radius 2 is 2.05 bits per heavy atom. The van der Waals surface area contributed by atoms with Gasteiger partial charge in [-0.3, -0.25) is 0 Å². The van der Waals surface area contributed by atoms with Crippen molar-refractivity contribution in [3.63, 3.8) is 0 Å². The van der Waals surface area contributed by atoms with Crippen molar-refractivity contribution in [2.75, 3.05) is 5.32 Å². The number of rotatable bonds is 2. The fourth-order valence-electron chi connectivity index (χ4n) is 2.69. The normalized spacial score (nSPS) is 17.3. The number of nitrogens with one attached hydrogen (secondary N) is 1. The molecule has 0 saturated heterocycles. The Kier molecular flexibility index (Phi) is 3.11. The van der Waals surface area contributed by atoms with Gasteiger partial charge >= 0.3 is 0 Å². The number of anilines is 1. The van der Waals surface area contributed by atoms with Crippen molar-refractivity contribution in [1.82, 2.24) is 0 Å². The van der Waals surface area contributed by atoms with Crippen molar-refractivity contribution in [2.45, 2.75) is 25.8 Å². The van der Waals surface area contributed by atoms with E-state index in [1.807, 2.05) is 24.3 Å². The van der Waals surface area contributed by atoms with Crippen LogP contribution in [0, 0.1) is 6.92 Å². The fourth-order valence-corrected chi connectivity index (χ4v) is 2.86. The van der Waals surface area contributed by atoms with Gasteiger partial charge < -0.3 is 10.4 Å². The van der Waals surface area contributed by atoms with Gasteiger partial charge in [0.1, 0.15) is 5.75 Å². The Labute approximate surface area is 118 Å². The maximum absolute atomic E-state index is 9.51. The van der Waals surface area contributed by atoms with Gasteiger partial charge in [-0.05, 0) is 60.7 Å². The maximum atomic E-state index is 9.51. The molecular formula is C16H16ClNO. The molecule has 0 aliphatic heterocycles. The highest BCUT2D eigenvalue weighted by atomic mass is 35.5. The van der Waals surface area contributed by atoms with Crippen LogP contribution in [0.2, 0.25) is 5.02 Å². The third-order valence-corrected chi connectivity index (χ3v) is 3.99. The Morgan fingerprint density at radius 1 is 1.21 bits per heavy atom. The van der Waals surface area contributed by atoms with Crippen LogP contribution in [-0.2, 0) is 6.42 Å². The number of hydrogen-bond donors (Lipinski definition) is 2. The van der Waals surface area contributed by atoms with Gasteiger partial charge in [0.25, 0.3) is 0 Å². The van der Waals surface area contributed by atoms with Crippen LogP contribution in [0.3, 0.4) is 0 Å². The van der Waals surface area contributed by atoms with E-state index >= 15 is 0 Å². The lowest BCUT2D eigenvalue weighted by Gasteiger charge is -2.17. The standard InChI is InChI=1S/C16H16ClNO/c1-10-2-6-14(17)16(8-10)18-15-7-3-11-9-12(19)4-5-13(11)15/h2,4-6,8-9,15,18-19H,3,7H2,1H3. The van der Waals surface area contributed by atoms with Crippen molar-refractivity contribution >= 4 is 17.3 Å². The molecule has 0 spiro atoms. The molecule has 0 fully saturated rings. The van der Waals surface area contributed by atoms with E-state index in [0.717, 1.165) is 23.6 Å². The number of aryl methyl sites for hydroxylation is 2. The van der Waals surface area contributed by atoms with Crippen LogP contribution >= 0.6 is 11.6 Å². The minimum Gasteiger partial charge on any atom is -0.508 e. The third-order valence-electron chi connectivity index (χ3n) is 3.66. The molecule has 1 unspecified atom stereocenters. The summed E-state index contributed by atoms with van der Waals surface area (Å²) in [6.45, 7) is 2.06. The second-order valence-electron chi connectivity index (χ2n) is 5.10. The molecule has 0 amide bonds. The summed E-state index contributed by atoms with van der Waals surface area (Å²) in [5.41, 5.74) is 4.65. The Bertz CT molecular complexity index is 624. The lowest BCUT2D eigenvalue weighted by molar-refractivity contribution is 0.474. The zero-order valence-electron chi connectivity index (χ0n) is 10.8. The first kappa shape index (κ1) is 12.4. The molecule has 2 aromatic rings. The summed E-state index contributed by atoms with van der Waals surface area (Å²) in [4.78, 5) is 0. The molecule has 0 saturated carbocycles. The summed E-state index contributed by atoms with van der Waals surface area (Å²) in [5.74, 6) is 0.341. The predicted octanol–water partition coefficient (Wildman–Crippen LogP) is 4.45. The molecule has 0 radical (unpaired) electrons. The summed E-state index contributed by atoms with van der Waals surface area (Å²) in [7, 11) is 0. The van der Waals surface area contributed by atoms with Gasteiger partial charge in [0.05, 0.1) is 16.8 Å². The zero-order valence-corrected chi connectivity index (χ0v) is 11.5. The molecule has 2 aromatic carbocycles. The quantitative estimate of drug-likeness (QED) is 0.847. The Hall–Kier alpha value is -1.67. The first-order valence-corrected chi connectivity index (χ1v) is 6.86. The van der Waals surface area contributed by atoms with Crippen LogP contribution in [0.15, 0.2) is 36.4 Å². The third kappa shape index (κ3) is 2.41. The highest BCUT2D eigenvalue weighted by Crippen LogP contribution is 2.37. The molecule has 2 N–H and O–H groups in total. The maximum Gasteiger partial charge on any atom is 0.115 e. The predicted molar refractivity (Wildman–Crippen MR) is 79.0 cm³/mol. The summed E-state index contributed by atoms with van der Waals surface area (Å²) in [5, 5.41) is 13.8. The number of aromatic hydroxyl groups is 1. The van der Waals surface area contributed by atoms with Gasteiger partial charge in [-0.15, -0.1) is 0 Å². The van der Waals surface area contributed by atoms with E-state index in [9.17, 15) is 5.11 Å². The van der Waals surface area contributed by atoms with Gasteiger partial charge in [0.15, 0.2) is 0 Å². The molecule has 2 nitrogen and oxygen atoms in total. The molecule has 1 atom stereocenters. The molecule has 0 aromatic heterocycles. The van der Waals surface area contributed by atoms with Crippen LogP contribution in [0.1, 0.15) is 29.2 Å². The number of phenolic OH excluding ortho intramolecular Hbond substituents is 1. The van der Waals surface area contributed by atoms with Crippen molar-refractivity contribution in [2.24, 2.45) is 0 Å². The number of fused-ring (bicyclic) bond motifs is 1. The molecule has 1 aliphatic carbocycles. The molecule has 3 heteroatoms. The topological polar surface area (TPSA) is 32.3 Å². The highest BCUT2D eigenvalue weighted by Gasteiger charge is 2.23. The molecular weight excluding hydrogens is 258 g/mol. The number of benzene rings is 2. The number of halogens is 1. The van der Waals surface area contributed by atoms with Crippen LogP contribution < -0.4 is 5.32 Å². The van der Waals surface area contributed by atoms with E-state index in [-0.39, 0.29) is 6.04 Å². The lowest BCUT2D eigenvalue weighted by Crippen LogP contribution is -2.07. The Morgan fingerprint density at radius 3 is 2.89 bits per heavy atom. The van der Waals surface area contributed by atoms with Gasteiger partial charge in [-0.1, -0.05) is 23.7 Å². The summed E-state index contributed by atoms with van der Waals surface area (Å²) < 4.78 is 0. The van der Waals surface area contributed by atoms with Gasteiger partial charge in [0.2, 0.25) is 0 Å². The average Bonchev–Trinajstić information content (AvgIpc) is 2.76. The van der Waals surface area contributed by atoms with Crippen LogP contribution in [0.4, 0.5) is 5.69 Å². The molecule has 0 heterocycles. The first-order valence-electron chi connectivity index (χ1n) is 6.48. The summed E-state index contributed by atoms with van der Waals surface area (Å²) >= 11 is 6.22. The molecule has 19 heavy (non-hydrogen) atoms. The minimum absolute atomic E-state index is 0.273. The van der Waals surface area contributed by atoms with E-state index < -0.39 is 0 Å². The van der Waals surface area contributed by atoms with Crippen LogP contribution in [0.5, 0.6) is 5.75 Å². The smallest absolute Gasteiger partial charge is 0.115 e. The van der Waals surface area contributed by atoms with Crippen molar-refractivity contribution < 1.29 is 5.11 Å².